The Morgan fingerprint density at radius 3 is 2.70 bits per heavy atom. The van der Waals surface area contributed by atoms with E-state index < -0.39 is 0 Å². The van der Waals surface area contributed by atoms with Crippen molar-refractivity contribution in [3.05, 3.63) is 70.7 Å². The van der Waals surface area contributed by atoms with Crippen molar-refractivity contribution in [3.63, 3.8) is 0 Å². The van der Waals surface area contributed by atoms with Gasteiger partial charge in [0.15, 0.2) is 5.78 Å². The Morgan fingerprint density at radius 2 is 2.04 bits per heavy atom. The minimum atomic E-state index is 0.0164. The van der Waals surface area contributed by atoms with E-state index in [0.29, 0.717) is 16.1 Å². The van der Waals surface area contributed by atoms with Gasteiger partial charge < -0.3 is 10.1 Å². The molecule has 1 N–H and O–H groups in total. The molecule has 0 unspecified atom stereocenters. The van der Waals surface area contributed by atoms with Gasteiger partial charge in [-0.1, -0.05) is 12.1 Å². The summed E-state index contributed by atoms with van der Waals surface area (Å²) in [7, 11) is 1.62. The normalized spacial score (nSPS) is 10.9. The molecule has 27 heavy (non-hydrogen) atoms. The average Bonchev–Trinajstić information content (AvgIpc) is 3.19. The summed E-state index contributed by atoms with van der Waals surface area (Å²) < 4.78 is 5.24. The summed E-state index contributed by atoms with van der Waals surface area (Å²) >= 11 is 1.40. The molecule has 1 aromatic heterocycles. The molecular formula is C21H17N3O2S. The second kappa shape index (κ2) is 8.30. The maximum absolute atomic E-state index is 11.3. The molecule has 1 heterocycles. The van der Waals surface area contributed by atoms with Gasteiger partial charge in [-0.05, 0) is 43.3 Å². The van der Waals surface area contributed by atoms with Gasteiger partial charge in [-0.2, -0.15) is 5.26 Å². The van der Waals surface area contributed by atoms with Crippen LogP contribution in [0.25, 0.3) is 16.8 Å². The van der Waals surface area contributed by atoms with E-state index in [9.17, 15) is 10.1 Å². The molecule has 0 aliphatic carbocycles. The van der Waals surface area contributed by atoms with Crippen LogP contribution in [0.3, 0.4) is 0 Å². The summed E-state index contributed by atoms with van der Waals surface area (Å²) in [6.07, 6.45) is 1.62. The number of anilines is 1. The van der Waals surface area contributed by atoms with Crippen LogP contribution in [0.5, 0.6) is 5.75 Å². The Morgan fingerprint density at radius 1 is 1.26 bits per heavy atom. The molecule has 0 radical (unpaired) electrons. The van der Waals surface area contributed by atoms with E-state index in [0.717, 1.165) is 22.7 Å². The van der Waals surface area contributed by atoms with E-state index in [1.807, 2.05) is 29.6 Å². The number of ether oxygens (including phenoxy) is 1. The van der Waals surface area contributed by atoms with Crippen LogP contribution in [0, 0.1) is 11.3 Å². The number of Topliss-reactive ketones (excluding diaryl/α,β-unsaturated/α-hetero) is 1. The lowest BCUT2D eigenvalue weighted by molar-refractivity contribution is 0.101. The van der Waals surface area contributed by atoms with Gasteiger partial charge in [0, 0.05) is 28.4 Å². The number of hydrogen-bond acceptors (Lipinski definition) is 6. The molecule has 5 nitrogen and oxygen atoms in total. The van der Waals surface area contributed by atoms with Crippen molar-refractivity contribution in [2.45, 2.75) is 6.92 Å². The lowest BCUT2D eigenvalue weighted by Crippen LogP contribution is -1.94. The van der Waals surface area contributed by atoms with Gasteiger partial charge in [-0.3, -0.25) is 4.79 Å². The zero-order chi connectivity index (χ0) is 19.2. The zero-order valence-corrected chi connectivity index (χ0v) is 15.7. The third kappa shape index (κ3) is 4.40. The Kier molecular flexibility index (Phi) is 5.64. The van der Waals surface area contributed by atoms with Gasteiger partial charge in [0.05, 0.1) is 12.8 Å². The third-order valence-electron chi connectivity index (χ3n) is 3.90. The molecule has 0 aliphatic rings. The van der Waals surface area contributed by atoms with E-state index >= 15 is 0 Å². The smallest absolute Gasteiger partial charge is 0.159 e. The van der Waals surface area contributed by atoms with Crippen molar-refractivity contribution in [2.75, 3.05) is 12.4 Å². The number of hydrogen-bond donors (Lipinski definition) is 1. The predicted molar refractivity (Wildman–Crippen MR) is 108 cm³/mol. The molecule has 0 spiro atoms. The quantitative estimate of drug-likeness (QED) is 0.485. The molecule has 0 bridgehead atoms. The summed E-state index contributed by atoms with van der Waals surface area (Å²) in [5.74, 6) is 0.774. The number of carbonyl (C=O) groups is 1. The molecule has 6 heteroatoms. The van der Waals surface area contributed by atoms with Crippen LogP contribution in [-0.2, 0) is 0 Å². The van der Waals surface area contributed by atoms with Crippen LogP contribution in [0.1, 0.15) is 22.3 Å². The van der Waals surface area contributed by atoms with E-state index in [1.54, 1.807) is 37.6 Å². The molecule has 0 aliphatic heterocycles. The lowest BCUT2D eigenvalue weighted by atomic mass is 10.1. The number of nitrogens with one attached hydrogen (secondary N) is 1. The lowest BCUT2D eigenvalue weighted by Gasteiger charge is -2.03. The number of aromatic nitrogens is 1. The molecule has 0 fully saturated rings. The van der Waals surface area contributed by atoms with Crippen molar-refractivity contribution in [1.82, 2.24) is 4.98 Å². The van der Waals surface area contributed by atoms with Crippen LogP contribution in [0.2, 0.25) is 0 Å². The van der Waals surface area contributed by atoms with Crippen molar-refractivity contribution in [1.29, 1.82) is 5.26 Å². The second-order valence-corrected chi connectivity index (χ2v) is 6.58. The minimum absolute atomic E-state index is 0.0164. The molecule has 3 aromatic rings. The first kappa shape index (κ1) is 18.4. The number of nitriles is 1. The largest absolute Gasteiger partial charge is 0.497 e. The van der Waals surface area contributed by atoms with E-state index in [1.165, 1.54) is 18.3 Å². The minimum Gasteiger partial charge on any atom is -0.497 e. The maximum atomic E-state index is 11.3. The fourth-order valence-electron chi connectivity index (χ4n) is 2.41. The van der Waals surface area contributed by atoms with Gasteiger partial charge in [-0.15, -0.1) is 11.3 Å². The first-order valence-corrected chi connectivity index (χ1v) is 9.07. The first-order chi connectivity index (χ1) is 13.1. The summed E-state index contributed by atoms with van der Waals surface area (Å²) in [5.41, 5.74) is 3.60. The number of carbonyl (C=O) groups excluding carboxylic acids is 1. The number of rotatable bonds is 6. The van der Waals surface area contributed by atoms with Gasteiger partial charge in [-0.25, -0.2) is 4.98 Å². The highest BCUT2D eigenvalue weighted by atomic mass is 32.1. The number of nitrogens with zero attached hydrogens (tertiary/aromatic N) is 2. The molecule has 0 saturated heterocycles. The average molecular weight is 375 g/mol. The third-order valence-corrected chi connectivity index (χ3v) is 4.77. The van der Waals surface area contributed by atoms with Crippen molar-refractivity contribution in [2.24, 2.45) is 0 Å². The number of methoxy groups -OCH3 is 1. The summed E-state index contributed by atoms with van der Waals surface area (Å²) in [4.78, 5) is 15.9. The molecule has 0 amide bonds. The second-order valence-electron chi connectivity index (χ2n) is 5.72. The number of benzene rings is 2. The zero-order valence-electron chi connectivity index (χ0n) is 14.9. The highest BCUT2D eigenvalue weighted by molar-refractivity contribution is 7.11. The molecule has 0 atom stereocenters. The van der Waals surface area contributed by atoms with Crippen molar-refractivity contribution >= 4 is 28.4 Å². The van der Waals surface area contributed by atoms with E-state index in [-0.39, 0.29) is 5.78 Å². The van der Waals surface area contributed by atoms with Gasteiger partial charge in [0.25, 0.3) is 0 Å². The Hall–Kier alpha value is -3.43. The molecule has 134 valence electrons. The number of allylic oxidation sites excluding steroid dienone is 1. The van der Waals surface area contributed by atoms with E-state index in [2.05, 4.69) is 16.4 Å². The summed E-state index contributed by atoms with van der Waals surface area (Å²) in [5, 5.41) is 15.1. The number of ketones is 1. The highest BCUT2D eigenvalue weighted by Gasteiger charge is 2.09. The number of thiazole rings is 1. The fourth-order valence-corrected chi connectivity index (χ4v) is 3.21. The Labute approximate surface area is 161 Å². The van der Waals surface area contributed by atoms with Crippen LogP contribution in [0.4, 0.5) is 5.69 Å². The van der Waals surface area contributed by atoms with Crippen LogP contribution in [-0.4, -0.2) is 17.9 Å². The molecule has 3 rings (SSSR count). The molecule has 2 aromatic carbocycles. The maximum Gasteiger partial charge on any atom is 0.159 e. The van der Waals surface area contributed by atoms with Crippen molar-refractivity contribution < 1.29 is 9.53 Å². The Bertz CT molecular complexity index is 1030. The summed E-state index contributed by atoms with van der Waals surface area (Å²) in [6.45, 7) is 1.53. The van der Waals surface area contributed by atoms with E-state index in [4.69, 9.17) is 4.74 Å². The van der Waals surface area contributed by atoms with Crippen molar-refractivity contribution in [3.8, 4) is 23.1 Å². The topological polar surface area (TPSA) is 75.0 Å². The SMILES string of the molecule is COc1cccc(-c2csc(/C(C#N)=C\Nc3ccc(C(C)=O)cc3)n2)c1. The fraction of sp³-hybridized carbons (Fsp3) is 0.0952. The highest BCUT2D eigenvalue weighted by Crippen LogP contribution is 2.28. The van der Waals surface area contributed by atoms with Crippen LogP contribution >= 0.6 is 11.3 Å². The van der Waals surface area contributed by atoms with Gasteiger partial charge in [0.2, 0.25) is 0 Å². The standard InChI is InChI=1S/C21H17N3O2S/c1-14(25)15-6-8-18(9-7-15)23-12-17(11-22)21-24-20(13-27-21)16-4-3-5-19(10-16)26-2/h3-10,12-13,23H,1-2H3/b17-12-. The summed E-state index contributed by atoms with van der Waals surface area (Å²) in [6, 6.07) is 16.9. The molecule has 0 saturated carbocycles. The predicted octanol–water partition coefficient (Wildman–Crippen LogP) is 5.00. The van der Waals surface area contributed by atoms with Gasteiger partial charge >= 0.3 is 0 Å². The Balaban J connectivity index is 1.79. The van der Waals surface area contributed by atoms with Crippen LogP contribution in [0.15, 0.2) is 60.1 Å². The monoisotopic (exact) mass is 375 g/mol. The first-order valence-electron chi connectivity index (χ1n) is 8.19. The van der Waals surface area contributed by atoms with Crippen LogP contribution < -0.4 is 10.1 Å². The van der Waals surface area contributed by atoms with Gasteiger partial charge in [0.1, 0.15) is 22.4 Å². The molecular weight excluding hydrogens is 358 g/mol.